The molecule has 1 aliphatic rings. The summed E-state index contributed by atoms with van der Waals surface area (Å²) in [5.41, 5.74) is 0. The fraction of sp³-hybridized carbons (Fsp3) is 0.889. The summed E-state index contributed by atoms with van der Waals surface area (Å²) in [5.74, 6) is 5.78. The van der Waals surface area contributed by atoms with Crippen molar-refractivity contribution in [3.63, 3.8) is 0 Å². The standard InChI is InChI=1S/C9H19N3O2/c1-7(13)11(2)9-6-14-5-4-8(9)12(3)10/h8-9H,4-6,10H2,1-3H3. The van der Waals surface area contributed by atoms with Gasteiger partial charge >= 0.3 is 0 Å². The number of hydrazine groups is 1. The van der Waals surface area contributed by atoms with Crippen LogP contribution in [0.15, 0.2) is 0 Å². The van der Waals surface area contributed by atoms with E-state index in [0.29, 0.717) is 13.2 Å². The number of carbonyl (C=O) groups excluding carboxylic acids is 1. The van der Waals surface area contributed by atoms with Crippen molar-refractivity contribution in [1.82, 2.24) is 9.91 Å². The molecule has 0 aliphatic carbocycles. The van der Waals surface area contributed by atoms with Gasteiger partial charge in [0.05, 0.1) is 12.6 Å². The van der Waals surface area contributed by atoms with Crippen molar-refractivity contribution >= 4 is 5.91 Å². The Hall–Kier alpha value is -0.650. The molecular formula is C9H19N3O2. The molecule has 1 amide bonds. The maximum atomic E-state index is 11.2. The lowest BCUT2D eigenvalue weighted by Crippen LogP contribution is -2.57. The number of hydrogen-bond acceptors (Lipinski definition) is 4. The van der Waals surface area contributed by atoms with Crippen LogP contribution in [0.2, 0.25) is 0 Å². The summed E-state index contributed by atoms with van der Waals surface area (Å²) >= 11 is 0. The van der Waals surface area contributed by atoms with Crippen LogP contribution in [0.1, 0.15) is 13.3 Å². The first kappa shape index (κ1) is 11.4. The van der Waals surface area contributed by atoms with Crippen LogP contribution in [0.3, 0.4) is 0 Å². The van der Waals surface area contributed by atoms with E-state index in [4.69, 9.17) is 10.6 Å². The molecule has 0 aromatic heterocycles. The molecule has 0 bridgehead atoms. The molecule has 0 aromatic rings. The molecule has 0 radical (unpaired) electrons. The Kier molecular flexibility index (Phi) is 3.86. The van der Waals surface area contributed by atoms with Crippen molar-refractivity contribution in [2.45, 2.75) is 25.4 Å². The van der Waals surface area contributed by atoms with Crippen molar-refractivity contribution in [1.29, 1.82) is 0 Å². The van der Waals surface area contributed by atoms with Crippen LogP contribution in [0.25, 0.3) is 0 Å². The fourth-order valence-electron chi connectivity index (χ4n) is 1.79. The van der Waals surface area contributed by atoms with Crippen molar-refractivity contribution < 1.29 is 9.53 Å². The minimum atomic E-state index is 0.0485. The maximum Gasteiger partial charge on any atom is 0.219 e. The van der Waals surface area contributed by atoms with Gasteiger partial charge in [-0.15, -0.1) is 0 Å². The van der Waals surface area contributed by atoms with Gasteiger partial charge in [0.25, 0.3) is 0 Å². The Morgan fingerprint density at radius 3 is 2.57 bits per heavy atom. The molecule has 2 atom stereocenters. The van der Waals surface area contributed by atoms with E-state index in [9.17, 15) is 4.79 Å². The third-order valence-electron chi connectivity index (χ3n) is 2.81. The number of hydrogen-bond donors (Lipinski definition) is 1. The van der Waals surface area contributed by atoms with E-state index in [1.165, 1.54) is 0 Å². The zero-order chi connectivity index (χ0) is 10.7. The molecule has 82 valence electrons. The highest BCUT2D eigenvalue weighted by Crippen LogP contribution is 2.16. The third kappa shape index (κ3) is 2.43. The van der Waals surface area contributed by atoms with E-state index in [1.807, 2.05) is 7.05 Å². The highest BCUT2D eigenvalue weighted by molar-refractivity contribution is 5.73. The summed E-state index contributed by atoms with van der Waals surface area (Å²) in [5, 5.41) is 1.67. The SMILES string of the molecule is CC(=O)N(C)C1COCCC1N(C)N. The van der Waals surface area contributed by atoms with Gasteiger partial charge in [0.15, 0.2) is 0 Å². The Bertz CT molecular complexity index is 208. The second-order valence-corrected chi connectivity index (χ2v) is 3.79. The Morgan fingerprint density at radius 1 is 1.43 bits per heavy atom. The van der Waals surface area contributed by atoms with E-state index in [0.717, 1.165) is 6.42 Å². The number of amides is 1. The van der Waals surface area contributed by atoms with Crippen molar-refractivity contribution in [2.24, 2.45) is 5.84 Å². The molecule has 1 heterocycles. The predicted molar refractivity (Wildman–Crippen MR) is 53.4 cm³/mol. The maximum absolute atomic E-state index is 11.2. The topological polar surface area (TPSA) is 58.8 Å². The van der Waals surface area contributed by atoms with Gasteiger partial charge in [0, 0.05) is 33.7 Å². The number of rotatable bonds is 2. The number of ether oxygens (including phenoxy) is 1. The molecule has 2 unspecified atom stereocenters. The first-order valence-electron chi connectivity index (χ1n) is 4.82. The lowest BCUT2D eigenvalue weighted by Gasteiger charge is -2.40. The third-order valence-corrected chi connectivity index (χ3v) is 2.81. The molecule has 5 nitrogen and oxygen atoms in total. The number of carbonyl (C=O) groups is 1. The largest absolute Gasteiger partial charge is 0.379 e. The molecule has 1 aliphatic heterocycles. The molecule has 1 rings (SSSR count). The summed E-state index contributed by atoms with van der Waals surface area (Å²) in [6.07, 6.45) is 0.870. The summed E-state index contributed by atoms with van der Waals surface area (Å²) in [7, 11) is 3.62. The van der Waals surface area contributed by atoms with Crippen LogP contribution >= 0.6 is 0 Å². The Morgan fingerprint density at radius 2 is 2.07 bits per heavy atom. The van der Waals surface area contributed by atoms with Crippen molar-refractivity contribution in [2.75, 3.05) is 27.3 Å². The number of nitrogens with zero attached hydrogens (tertiary/aromatic N) is 2. The van der Waals surface area contributed by atoms with Crippen LogP contribution in [-0.2, 0) is 9.53 Å². The van der Waals surface area contributed by atoms with E-state index >= 15 is 0 Å². The van der Waals surface area contributed by atoms with Crippen LogP contribution in [0.5, 0.6) is 0 Å². The minimum absolute atomic E-state index is 0.0485. The van der Waals surface area contributed by atoms with Crippen LogP contribution in [0.4, 0.5) is 0 Å². The normalized spacial score (nSPS) is 27.8. The Balaban J connectivity index is 2.67. The van der Waals surface area contributed by atoms with Gasteiger partial charge < -0.3 is 9.64 Å². The number of likely N-dealkylation sites (N-methyl/N-ethyl adjacent to an activating group) is 2. The van der Waals surface area contributed by atoms with Crippen LogP contribution < -0.4 is 5.84 Å². The Labute approximate surface area is 84.8 Å². The van der Waals surface area contributed by atoms with E-state index in [1.54, 1.807) is 23.9 Å². The fourth-order valence-corrected chi connectivity index (χ4v) is 1.79. The monoisotopic (exact) mass is 201 g/mol. The van der Waals surface area contributed by atoms with Gasteiger partial charge in [0.2, 0.25) is 5.91 Å². The zero-order valence-electron chi connectivity index (χ0n) is 9.06. The average Bonchev–Trinajstić information content (AvgIpc) is 2.16. The van der Waals surface area contributed by atoms with E-state index in [2.05, 4.69) is 0 Å². The highest BCUT2D eigenvalue weighted by Gasteiger charge is 2.31. The molecule has 5 heteroatoms. The smallest absolute Gasteiger partial charge is 0.219 e. The molecular weight excluding hydrogens is 182 g/mol. The van der Waals surface area contributed by atoms with Gasteiger partial charge in [-0.05, 0) is 6.42 Å². The molecule has 1 saturated heterocycles. The lowest BCUT2D eigenvalue weighted by atomic mass is 10.0. The molecule has 2 N–H and O–H groups in total. The van der Waals surface area contributed by atoms with Gasteiger partial charge in [-0.25, -0.2) is 5.01 Å². The van der Waals surface area contributed by atoms with Crippen LogP contribution in [0, 0.1) is 0 Å². The van der Waals surface area contributed by atoms with Crippen LogP contribution in [-0.4, -0.2) is 55.2 Å². The molecule has 0 saturated carbocycles. The lowest BCUT2D eigenvalue weighted by molar-refractivity contribution is -0.134. The average molecular weight is 201 g/mol. The quantitative estimate of drug-likeness (QED) is 0.480. The van der Waals surface area contributed by atoms with E-state index in [-0.39, 0.29) is 18.0 Å². The highest BCUT2D eigenvalue weighted by atomic mass is 16.5. The molecule has 0 spiro atoms. The minimum Gasteiger partial charge on any atom is -0.379 e. The van der Waals surface area contributed by atoms with Gasteiger partial charge in [-0.3, -0.25) is 10.6 Å². The van der Waals surface area contributed by atoms with Crippen molar-refractivity contribution in [3.8, 4) is 0 Å². The van der Waals surface area contributed by atoms with E-state index < -0.39 is 0 Å². The zero-order valence-corrected chi connectivity index (χ0v) is 9.06. The number of nitrogens with two attached hydrogens (primary N) is 1. The predicted octanol–water partition coefficient (Wildman–Crippen LogP) is -0.572. The summed E-state index contributed by atoms with van der Waals surface area (Å²) in [4.78, 5) is 12.9. The first-order chi connectivity index (χ1) is 6.54. The second-order valence-electron chi connectivity index (χ2n) is 3.79. The second kappa shape index (κ2) is 4.72. The summed E-state index contributed by atoms with van der Waals surface area (Å²) < 4.78 is 5.36. The molecule has 0 aromatic carbocycles. The summed E-state index contributed by atoms with van der Waals surface area (Å²) in [6, 6.07) is 0.258. The first-order valence-corrected chi connectivity index (χ1v) is 4.82. The molecule has 1 fully saturated rings. The van der Waals surface area contributed by atoms with Gasteiger partial charge in [0.1, 0.15) is 0 Å². The van der Waals surface area contributed by atoms with Crippen molar-refractivity contribution in [3.05, 3.63) is 0 Å². The van der Waals surface area contributed by atoms with Gasteiger partial charge in [-0.2, -0.15) is 0 Å². The molecule has 14 heavy (non-hydrogen) atoms. The summed E-state index contributed by atoms with van der Waals surface area (Å²) in [6.45, 7) is 2.85. The van der Waals surface area contributed by atoms with Gasteiger partial charge in [-0.1, -0.05) is 0 Å².